The van der Waals surface area contributed by atoms with Crippen molar-refractivity contribution in [3.8, 4) is 5.75 Å². The molecule has 0 aliphatic carbocycles. The van der Waals surface area contributed by atoms with Crippen molar-refractivity contribution in [3.63, 3.8) is 0 Å². The second-order valence-corrected chi connectivity index (χ2v) is 3.99. The lowest BCUT2D eigenvalue weighted by molar-refractivity contribution is 0.0697. The molecule has 0 spiro atoms. The molecule has 0 saturated carbocycles. The van der Waals surface area contributed by atoms with Crippen LogP contribution >= 0.6 is 0 Å². The number of carbonyl (C=O) groups is 1. The molecule has 2 aromatic rings. The van der Waals surface area contributed by atoms with Gasteiger partial charge >= 0.3 is 5.97 Å². The molecular formula is C14H15N3O5. The van der Waals surface area contributed by atoms with E-state index in [0.717, 1.165) is 11.3 Å². The fourth-order valence-corrected chi connectivity index (χ4v) is 1.65. The van der Waals surface area contributed by atoms with Gasteiger partial charge in [-0.05, 0) is 29.8 Å². The van der Waals surface area contributed by atoms with Crippen LogP contribution < -0.4 is 10.1 Å². The number of nitrogens with one attached hydrogen (secondary N) is 1. The maximum absolute atomic E-state index is 11.0. The minimum Gasteiger partial charge on any atom is -0.497 e. The third kappa shape index (κ3) is 5.08. The van der Waals surface area contributed by atoms with Crippen LogP contribution in [0.25, 0.3) is 0 Å². The molecule has 0 aliphatic rings. The van der Waals surface area contributed by atoms with E-state index in [1.807, 2.05) is 24.3 Å². The van der Waals surface area contributed by atoms with E-state index < -0.39 is 5.97 Å². The van der Waals surface area contributed by atoms with Crippen molar-refractivity contribution in [1.29, 1.82) is 0 Å². The van der Waals surface area contributed by atoms with Gasteiger partial charge < -0.3 is 20.4 Å². The SMILES string of the molecule is COc1ccc(CNc2ncccc2C(=O)O)cc1.O=NO. The fourth-order valence-electron chi connectivity index (χ4n) is 1.65. The molecule has 0 atom stereocenters. The molecule has 1 aromatic carbocycles. The Morgan fingerprint density at radius 2 is 1.95 bits per heavy atom. The van der Waals surface area contributed by atoms with Gasteiger partial charge in [0.15, 0.2) is 5.34 Å². The molecule has 8 heteroatoms. The quantitative estimate of drug-likeness (QED) is 0.573. The third-order valence-electron chi connectivity index (χ3n) is 2.66. The molecule has 0 fully saturated rings. The highest BCUT2D eigenvalue weighted by molar-refractivity contribution is 5.92. The number of hydrogen-bond donors (Lipinski definition) is 3. The number of hydrogen-bond acceptors (Lipinski definition) is 6. The molecule has 0 saturated heterocycles. The molecule has 1 heterocycles. The third-order valence-corrected chi connectivity index (χ3v) is 2.66. The number of benzene rings is 1. The predicted molar refractivity (Wildman–Crippen MR) is 79.1 cm³/mol. The number of carboxylic acids is 1. The maximum atomic E-state index is 11.0. The van der Waals surface area contributed by atoms with Crippen LogP contribution in [-0.2, 0) is 6.54 Å². The van der Waals surface area contributed by atoms with E-state index in [-0.39, 0.29) is 5.56 Å². The first-order valence-corrected chi connectivity index (χ1v) is 6.14. The maximum Gasteiger partial charge on any atom is 0.339 e. The summed E-state index contributed by atoms with van der Waals surface area (Å²) in [7, 11) is 1.61. The number of nitrogens with zero attached hydrogens (tertiary/aromatic N) is 2. The van der Waals surface area contributed by atoms with Gasteiger partial charge in [0.25, 0.3) is 0 Å². The van der Waals surface area contributed by atoms with Crippen LogP contribution in [-0.4, -0.2) is 28.4 Å². The van der Waals surface area contributed by atoms with Crippen LogP contribution in [0.3, 0.4) is 0 Å². The second-order valence-electron chi connectivity index (χ2n) is 3.99. The molecule has 116 valence electrons. The van der Waals surface area contributed by atoms with Gasteiger partial charge in [-0.25, -0.2) is 9.78 Å². The van der Waals surface area contributed by atoms with Gasteiger partial charge in [-0.3, -0.25) is 0 Å². The molecule has 8 nitrogen and oxygen atoms in total. The summed E-state index contributed by atoms with van der Waals surface area (Å²) in [6.07, 6.45) is 1.56. The summed E-state index contributed by atoms with van der Waals surface area (Å²) in [6.45, 7) is 0.501. The number of rotatable bonds is 5. The van der Waals surface area contributed by atoms with Crippen molar-refractivity contribution >= 4 is 11.8 Å². The number of aromatic nitrogens is 1. The standard InChI is InChI=1S/C14H14N2O3.HNO2/c1-19-11-6-4-10(5-7-11)9-16-13-12(14(17)18)3-2-8-15-13;2-1-3/h2-8H,9H2,1H3,(H,15,16)(H,17,18);(H,2,3). The average Bonchev–Trinajstić information content (AvgIpc) is 2.54. The molecule has 3 N–H and O–H groups in total. The Kier molecular flexibility index (Phi) is 6.84. The van der Waals surface area contributed by atoms with E-state index in [1.54, 1.807) is 19.4 Å². The second kappa shape index (κ2) is 8.90. The zero-order valence-electron chi connectivity index (χ0n) is 11.8. The molecule has 1 aromatic heterocycles. The van der Waals surface area contributed by atoms with Gasteiger partial charge in [-0.15, -0.1) is 4.91 Å². The number of carboxylic acid groups (broad SMARTS) is 1. The van der Waals surface area contributed by atoms with Crippen molar-refractivity contribution in [3.05, 3.63) is 58.6 Å². The highest BCUT2D eigenvalue weighted by Crippen LogP contribution is 2.15. The van der Waals surface area contributed by atoms with E-state index in [0.29, 0.717) is 12.4 Å². The highest BCUT2D eigenvalue weighted by Gasteiger charge is 2.09. The van der Waals surface area contributed by atoms with Crippen molar-refractivity contribution in [2.45, 2.75) is 6.54 Å². The van der Waals surface area contributed by atoms with Gasteiger partial charge in [0.1, 0.15) is 17.1 Å². The van der Waals surface area contributed by atoms with Crippen LogP contribution in [0.15, 0.2) is 47.9 Å². The smallest absolute Gasteiger partial charge is 0.339 e. The largest absolute Gasteiger partial charge is 0.497 e. The summed E-state index contributed by atoms with van der Waals surface area (Å²) in [6, 6.07) is 10.7. The Bertz CT molecular complexity index is 616. The average molecular weight is 305 g/mol. The monoisotopic (exact) mass is 305 g/mol. The van der Waals surface area contributed by atoms with Gasteiger partial charge in [0, 0.05) is 12.7 Å². The Hall–Kier alpha value is -3.16. The van der Waals surface area contributed by atoms with Crippen molar-refractivity contribution in [2.75, 3.05) is 12.4 Å². The van der Waals surface area contributed by atoms with Gasteiger partial charge in [-0.2, -0.15) is 0 Å². The first-order valence-electron chi connectivity index (χ1n) is 6.14. The Balaban J connectivity index is 0.000000745. The highest BCUT2D eigenvalue weighted by atomic mass is 16.6. The lowest BCUT2D eigenvalue weighted by atomic mass is 10.2. The number of pyridine rings is 1. The number of aromatic carboxylic acids is 1. The van der Waals surface area contributed by atoms with Crippen molar-refractivity contribution in [2.24, 2.45) is 5.34 Å². The van der Waals surface area contributed by atoms with Gasteiger partial charge in [-0.1, -0.05) is 12.1 Å². The molecule has 0 bridgehead atoms. The summed E-state index contributed by atoms with van der Waals surface area (Å²) in [5, 5.41) is 19.9. The summed E-state index contributed by atoms with van der Waals surface area (Å²) >= 11 is 0. The lowest BCUT2D eigenvalue weighted by Gasteiger charge is -2.08. The topological polar surface area (TPSA) is 121 Å². The molecular weight excluding hydrogens is 290 g/mol. The van der Waals surface area contributed by atoms with Crippen LogP contribution in [0.4, 0.5) is 5.82 Å². The molecule has 0 unspecified atom stereocenters. The molecule has 22 heavy (non-hydrogen) atoms. The normalized spacial score (nSPS) is 9.14. The first-order chi connectivity index (χ1) is 10.6. The van der Waals surface area contributed by atoms with E-state index >= 15 is 0 Å². The minimum atomic E-state index is -0.995. The molecule has 0 radical (unpaired) electrons. The van der Waals surface area contributed by atoms with Crippen LogP contribution in [0, 0.1) is 4.91 Å². The lowest BCUT2D eigenvalue weighted by Crippen LogP contribution is -2.07. The van der Waals surface area contributed by atoms with Crippen molar-refractivity contribution in [1.82, 2.24) is 4.98 Å². The number of ether oxygens (including phenoxy) is 1. The summed E-state index contributed by atoms with van der Waals surface area (Å²) in [5.41, 5.74) is 1.18. The number of anilines is 1. The van der Waals surface area contributed by atoms with E-state index in [4.69, 9.17) is 20.0 Å². The van der Waals surface area contributed by atoms with E-state index in [9.17, 15) is 4.79 Å². The van der Waals surface area contributed by atoms with Crippen LogP contribution in [0.2, 0.25) is 0 Å². The zero-order chi connectivity index (χ0) is 16.4. The first kappa shape index (κ1) is 16.9. The van der Waals surface area contributed by atoms with Gasteiger partial charge in [0.2, 0.25) is 0 Å². The fraction of sp³-hybridized carbons (Fsp3) is 0.143. The van der Waals surface area contributed by atoms with Crippen LogP contribution in [0.1, 0.15) is 15.9 Å². The summed E-state index contributed by atoms with van der Waals surface area (Å²) < 4.78 is 5.07. The summed E-state index contributed by atoms with van der Waals surface area (Å²) in [5.74, 6) is 0.156. The molecule has 0 amide bonds. The Morgan fingerprint density at radius 1 is 1.32 bits per heavy atom. The molecule has 2 rings (SSSR count). The Labute approximate surface area is 126 Å². The Morgan fingerprint density at radius 3 is 2.50 bits per heavy atom. The van der Waals surface area contributed by atoms with Crippen LogP contribution in [0.5, 0.6) is 5.75 Å². The summed E-state index contributed by atoms with van der Waals surface area (Å²) in [4.78, 5) is 23.2. The van der Waals surface area contributed by atoms with E-state index in [1.165, 1.54) is 11.4 Å². The molecule has 0 aliphatic heterocycles. The number of methoxy groups -OCH3 is 1. The van der Waals surface area contributed by atoms with Gasteiger partial charge in [0.05, 0.1) is 7.11 Å². The van der Waals surface area contributed by atoms with Crippen molar-refractivity contribution < 1.29 is 19.8 Å². The zero-order valence-corrected chi connectivity index (χ0v) is 11.8. The van der Waals surface area contributed by atoms with E-state index in [2.05, 4.69) is 10.3 Å². The minimum absolute atomic E-state index is 0.163. The predicted octanol–water partition coefficient (Wildman–Crippen LogP) is 2.54.